The van der Waals surface area contributed by atoms with Gasteiger partial charge in [-0.2, -0.15) is 0 Å². The Kier molecular flexibility index (Phi) is 7.86. The van der Waals surface area contributed by atoms with Crippen LogP contribution in [-0.4, -0.2) is 19.3 Å². The Labute approximate surface area is 154 Å². The number of ether oxygens (including phenoxy) is 2. The maximum Gasteiger partial charge on any atom is 0.124 e. The highest BCUT2D eigenvalue weighted by Crippen LogP contribution is 2.24. The number of nitrogens with one attached hydrogen (secondary N) is 1. The summed E-state index contributed by atoms with van der Waals surface area (Å²) in [5, 5.41) is 4.17. The molecule has 3 rings (SSSR count). The average molecular weight is 368 g/mol. The van der Waals surface area contributed by atoms with Gasteiger partial charge in [0.25, 0.3) is 0 Å². The van der Waals surface area contributed by atoms with Crippen molar-refractivity contribution in [2.75, 3.05) is 13.2 Å². The summed E-state index contributed by atoms with van der Waals surface area (Å²) in [4.78, 5) is 0. The van der Waals surface area contributed by atoms with Crippen molar-refractivity contribution in [1.29, 1.82) is 0 Å². The Morgan fingerprint density at radius 3 is 2.75 bits per heavy atom. The van der Waals surface area contributed by atoms with Gasteiger partial charge in [0.2, 0.25) is 0 Å². The summed E-state index contributed by atoms with van der Waals surface area (Å²) in [5.41, 5.74) is 2.23. The highest BCUT2D eigenvalue weighted by molar-refractivity contribution is 6.30. The minimum Gasteiger partial charge on any atom is -0.489 e. The zero-order valence-electron chi connectivity index (χ0n) is 13.5. The molecule has 0 spiro atoms. The third-order valence-corrected chi connectivity index (χ3v) is 4.21. The summed E-state index contributed by atoms with van der Waals surface area (Å²) in [6, 6.07) is 15.9. The number of hydrogen-bond donors (Lipinski definition) is 1. The summed E-state index contributed by atoms with van der Waals surface area (Å²) in [6.45, 7) is 3.03. The van der Waals surface area contributed by atoms with Crippen molar-refractivity contribution in [2.24, 2.45) is 0 Å². The summed E-state index contributed by atoms with van der Waals surface area (Å²) in [5.74, 6) is 0.873. The topological polar surface area (TPSA) is 30.5 Å². The summed E-state index contributed by atoms with van der Waals surface area (Å²) >= 11 is 6.13. The lowest BCUT2D eigenvalue weighted by molar-refractivity contribution is 0.110. The lowest BCUT2D eigenvalue weighted by atomic mass is 10.2. The van der Waals surface area contributed by atoms with Gasteiger partial charge in [-0.05, 0) is 36.6 Å². The van der Waals surface area contributed by atoms with Crippen LogP contribution in [-0.2, 0) is 17.9 Å². The first-order chi connectivity index (χ1) is 11.3. The zero-order valence-corrected chi connectivity index (χ0v) is 15.1. The molecule has 2 aromatic carbocycles. The molecule has 2 aromatic rings. The standard InChI is InChI=1S/C19H22ClNO2.ClH/c20-17-8-9-19(23-14-15-5-2-1-3-6-15)16(11-17)12-21-13-18-7-4-10-22-18;/h1-3,5-6,8-9,11,18,21H,4,7,10,12-14H2;1H. The van der Waals surface area contributed by atoms with Crippen LogP contribution in [0, 0.1) is 0 Å². The van der Waals surface area contributed by atoms with Crippen molar-refractivity contribution >= 4 is 24.0 Å². The minimum absolute atomic E-state index is 0. The first kappa shape index (κ1) is 19.1. The Balaban J connectivity index is 0.00000208. The van der Waals surface area contributed by atoms with Crippen molar-refractivity contribution in [3.63, 3.8) is 0 Å². The van der Waals surface area contributed by atoms with Crippen LogP contribution in [0.3, 0.4) is 0 Å². The maximum absolute atomic E-state index is 6.13. The minimum atomic E-state index is 0. The fourth-order valence-electron chi connectivity index (χ4n) is 2.74. The normalized spacial score (nSPS) is 16.6. The fourth-order valence-corrected chi connectivity index (χ4v) is 2.93. The van der Waals surface area contributed by atoms with Crippen molar-refractivity contribution in [3.05, 3.63) is 64.7 Å². The predicted molar refractivity (Wildman–Crippen MR) is 100 cm³/mol. The van der Waals surface area contributed by atoms with E-state index in [4.69, 9.17) is 21.1 Å². The zero-order chi connectivity index (χ0) is 15.9. The van der Waals surface area contributed by atoms with Crippen molar-refractivity contribution in [2.45, 2.75) is 32.1 Å². The van der Waals surface area contributed by atoms with Gasteiger partial charge in [-0.3, -0.25) is 0 Å². The quantitative estimate of drug-likeness (QED) is 0.774. The molecule has 1 aliphatic rings. The molecular weight excluding hydrogens is 345 g/mol. The van der Waals surface area contributed by atoms with Crippen LogP contribution in [0.4, 0.5) is 0 Å². The van der Waals surface area contributed by atoms with E-state index in [0.717, 1.165) is 54.4 Å². The third kappa shape index (κ3) is 5.67. The van der Waals surface area contributed by atoms with Crippen LogP contribution in [0.15, 0.2) is 48.5 Å². The second-order valence-corrected chi connectivity index (χ2v) is 6.23. The van der Waals surface area contributed by atoms with Gasteiger partial charge < -0.3 is 14.8 Å². The van der Waals surface area contributed by atoms with Gasteiger partial charge in [0.05, 0.1) is 6.10 Å². The molecule has 0 amide bonds. The van der Waals surface area contributed by atoms with E-state index in [-0.39, 0.29) is 12.4 Å². The SMILES string of the molecule is Cl.Clc1ccc(OCc2ccccc2)c(CNCC2CCCO2)c1. The van der Waals surface area contributed by atoms with Gasteiger partial charge in [-0.15, -0.1) is 12.4 Å². The third-order valence-electron chi connectivity index (χ3n) is 3.97. The first-order valence-corrected chi connectivity index (χ1v) is 8.46. The van der Waals surface area contributed by atoms with Crippen LogP contribution >= 0.6 is 24.0 Å². The van der Waals surface area contributed by atoms with E-state index in [9.17, 15) is 0 Å². The highest BCUT2D eigenvalue weighted by atomic mass is 35.5. The lowest BCUT2D eigenvalue weighted by Gasteiger charge is -2.14. The number of rotatable bonds is 7. The van der Waals surface area contributed by atoms with Gasteiger partial charge in [0.15, 0.2) is 0 Å². The molecule has 130 valence electrons. The largest absolute Gasteiger partial charge is 0.489 e. The molecular formula is C19H23Cl2NO2. The van der Waals surface area contributed by atoms with E-state index in [2.05, 4.69) is 17.4 Å². The van der Waals surface area contributed by atoms with E-state index in [1.54, 1.807) is 0 Å². The van der Waals surface area contributed by atoms with Crippen LogP contribution in [0.1, 0.15) is 24.0 Å². The Morgan fingerprint density at radius 1 is 1.17 bits per heavy atom. The van der Waals surface area contributed by atoms with E-state index in [0.29, 0.717) is 12.7 Å². The fraction of sp³-hybridized carbons (Fsp3) is 0.368. The summed E-state index contributed by atoms with van der Waals surface area (Å²) in [7, 11) is 0. The molecule has 3 nitrogen and oxygen atoms in total. The van der Waals surface area contributed by atoms with Crippen LogP contribution in [0.25, 0.3) is 0 Å². The van der Waals surface area contributed by atoms with E-state index in [1.807, 2.05) is 36.4 Å². The predicted octanol–water partition coefficient (Wildman–Crippen LogP) is 4.61. The van der Waals surface area contributed by atoms with E-state index in [1.165, 1.54) is 0 Å². The summed E-state index contributed by atoms with van der Waals surface area (Å²) < 4.78 is 11.6. The smallest absolute Gasteiger partial charge is 0.124 e. The second kappa shape index (κ2) is 9.90. The van der Waals surface area contributed by atoms with Gasteiger partial charge in [0.1, 0.15) is 12.4 Å². The number of hydrogen-bond acceptors (Lipinski definition) is 3. The molecule has 24 heavy (non-hydrogen) atoms. The number of halogens is 2. The molecule has 0 radical (unpaired) electrons. The average Bonchev–Trinajstić information content (AvgIpc) is 3.08. The molecule has 1 unspecified atom stereocenters. The maximum atomic E-state index is 6.13. The van der Waals surface area contributed by atoms with Gasteiger partial charge in [-0.1, -0.05) is 41.9 Å². The Hall–Kier alpha value is -1.26. The monoisotopic (exact) mass is 367 g/mol. The van der Waals surface area contributed by atoms with Crippen LogP contribution < -0.4 is 10.1 Å². The van der Waals surface area contributed by atoms with Crippen LogP contribution in [0.5, 0.6) is 5.75 Å². The molecule has 1 fully saturated rings. The molecule has 1 saturated heterocycles. The lowest BCUT2D eigenvalue weighted by Crippen LogP contribution is -2.26. The van der Waals surface area contributed by atoms with Gasteiger partial charge in [-0.25, -0.2) is 0 Å². The molecule has 0 bridgehead atoms. The molecule has 1 N–H and O–H groups in total. The highest BCUT2D eigenvalue weighted by Gasteiger charge is 2.15. The van der Waals surface area contributed by atoms with Gasteiger partial charge in [0, 0.05) is 30.3 Å². The van der Waals surface area contributed by atoms with E-state index < -0.39 is 0 Å². The Bertz CT molecular complexity index is 616. The van der Waals surface area contributed by atoms with Crippen molar-refractivity contribution in [1.82, 2.24) is 5.32 Å². The molecule has 1 atom stereocenters. The Morgan fingerprint density at radius 2 is 2.00 bits per heavy atom. The molecule has 5 heteroatoms. The van der Waals surface area contributed by atoms with Crippen LogP contribution in [0.2, 0.25) is 5.02 Å². The molecule has 1 heterocycles. The van der Waals surface area contributed by atoms with Gasteiger partial charge >= 0.3 is 0 Å². The molecule has 0 aliphatic carbocycles. The summed E-state index contributed by atoms with van der Waals surface area (Å²) in [6.07, 6.45) is 2.64. The number of benzene rings is 2. The second-order valence-electron chi connectivity index (χ2n) is 5.79. The first-order valence-electron chi connectivity index (χ1n) is 8.09. The molecule has 0 aromatic heterocycles. The van der Waals surface area contributed by atoms with Crippen molar-refractivity contribution < 1.29 is 9.47 Å². The van der Waals surface area contributed by atoms with Crippen molar-refractivity contribution in [3.8, 4) is 5.75 Å². The molecule has 0 saturated carbocycles. The molecule has 1 aliphatic heterocycles. The van der Waals surface area contributed by atoms with E-state index >= 15 is 0 Å².